The van der Waals surface area contributed by atoms with Gasteiger partial charge in [0.25, 0.3) is 0 Å². The fourth-order valence-corrected chi connectivity index (χ4v) is 2.07. The summed E-state index contributed by atoms with van der Waals surface area (Å²) in [6.45, 7) is 5.06. The number of methoxy groups -OCH3 is 1. The van der Waals surface area contributed by atoms with Gasteiger partial charge in [0.2, 0.25) is 5.88 Å². The SMILES string of the molecule is CCCN(C)c1cnc2c(n1)O[C@@H](COC)CNC2.Cl. The van der Waals surface area contributed by atoms with Gasteiger partial charge in [-0.05, 0) is 6.42 Å². The van der Waals surface area contributed by atoms with Crippen molar-refractivity contribution in [2.75, 3.05) is 38.8 Å². The molecule has 0 bridgehead atoms. The lowest BCUT2D eigenvalue weighted by Crippen LogP contribution is -2.32. The third-order valence-corrected chi connectivity index (χ3v) is 3.04. The summed E-state index contributed by atoms with van der Waals surface area (Å²) >= 11 is 0. The maximum absolute atomic E-state index is 5.88. The Hall–Kier alpha value is -1.11. The molecule has 6 nitrogen and oxygen atoms in total. The Morgan fingerprint density at radius 2 is 2.35 bits per heavy atom. The van der Waals surface area contributed by atoms with Gasteiger partial charge in [0, 0.05) is 33.8 Å². The predicted molar refractivity (Wildman–Crippen MR) is 80.8 cm³/mol. The summed E-state index contributed by atoms with van der Waals surface area (Å²) < 4.78 is 11.0. The molecule has 7 heteroatoms. The number of aromatic nitrogens is 2. The molecule has 1 aliphatic rings. The summed E-state index contributed by atoms with van der Waals surface area (Å²) in [6, 6.07) is 0. The molecular formula is C13H23ClN4O2. The molecule has 0 saturated heterocycles. The van der Waals surface area contributed by atoms with Crippen LogP contribution in [-0.2, 0) is 11.3 Å². The summed E-state index contributed by atoms with van der Waals surface area (Å²) in [7, 11) is 3.69. The van der Waals surface area contributed by atoms with Crippen LogP contribution in [0.2, 0.25) is 0 Å². The number of nitrogens with one attached hydrogen (secondary N) is 1. The lowest BCUT2D eigenvalue weighted by Gasteiger charge is -2.19. The molecule has 114 valence electrons. The van der Waals surface area contributed by atoms with E-state index in [4.69, 9.17) is 9.47 Å². The summed E-state index contributed by atoms with van der Waals surface area (Å²) in [6.07, 6.45) is 2.85. The van der Waals surface area contributed by atoms with Crippen LogP contribution in [-0.4, -0.2) is 49.9 Å². The van der Waals surface area contributed by atoms with Crippen LogP contribution >= 0.6 is 12.4 Å². The second-order valence-corrected chi connectivity index (χ2v) is 4.73. The molecule has 1 aromatic rings. The molecule has 2 rings (SSSR count). The second-order valence-electron chi connectivity index (χ2n) is 4.73. The first-order chi connectivity index (χ1) is 9.24. The lowest BCUT2D eigenvalue weighted by molar-refractivity contribution is 0.0810. The molecule has 1 aromatic heterocycles. The van der Waals surface area contributed by atoms with Crippen LogP contribution in [0, 0.1) is 0 Å². The van der Waals surface area contributed by atoms with E-state index in [0.717, 1.165) is 31.0 Å². The second kappa shape index (κ2) is 8.24. The molecule has 1 aliphatic heterocycles. The number of rotatable bonds is 5. The summed E-state index contributed by atoms with van der Waals surface area (Å²) in [5.74, 6) is 1.46. The van der Waals surface area contributed by atoms with E-state index in [1.807, 2.05) is 7.05 Å². The zero-order chi connectivity index (χ0) is 13.7. The molecule has 0 radical (unpaired) electrons. The van der Waals surface area contributed by atoms with Crippen LogP contribution in [0.4, 0.5) is 5.82 Å². The Labute approximate surface area is 126 Å². The van der Waals surface area contributed by atoms with Gasteiger partial charge in [-0.15, -0.1) is 12.4 Å². The molecule has 0 amide bonds. The molecule has 0 fully saturated rings. The minimum Gasteiger partial charge on any atom is -0.469 e. The fourth-order valence-electron chi connectivity index (χ4n) is 2.07. The molecule has 2 heterocycles. The highest BCUT2D eigenvalue weighted by Crippen LogP contribution is 2.21. The van der Waals surface area contributed by atoms with Gasteiger partial charge >= 0.3 is 0 Å². The molecule has 0 unspecified atom stereocenters. The first kappa shape index (κ1) is 16.9. The van der Waals surface area contributed by atoms with E-state index >= 15 is 0 Å². The van der Waals surface area contributed by atoms with E-state index in [9.17, 15) is 0 Å². The minimum atomic E-state index is -0.0210. The molecule has 0 spiro atoms. The Morgan fingerprint density at radius 1 is 1.55 bits per heavy atom. The number of halogens is 1. The largest absolute Gasteiger partial charge is 0.469 e. The minimum absolute atomic E-state index is 0. The Morgan fingerprint density at radius 3 is 3.05 bits per heavy atom. The zero-order valence-corrected chi connectivity index (χ0v) is 13.1. The van der Waals surface area contributed by atoms with Gasteiger partial charge in [0.15, 0.2) is 5.82 Å². The van der Waals surface area contributed by atoms with E-state index in [0.29, 0.717) is 19.0 Å². The average Bonchev–Trinajstić information content (AvgIpc) is 2.60. The number of nitrogens with zero attached hydrogens (tertiary/aromatic N) is 3. The molecule has 0 aliphatic carbocycles. The number of anilines is 1. The highest BCUT2D eigenvalue weighted by molar-refractivity contribution is 5.85. The van der Waals surface area contributed by atoms with Crippen LogP contribution in [0.1, 0.15) is 19.0 Å². The van der Waals surface area contributed by atoms with Gasteiger partial charge in [-0.2, -0.15) is 4.98 Å². The Kier molecular flexibility index (Phi) is 6.98. The number of ether oxygens (including phenoxy) is 2. The third-order valence-electron chi connectivity index (χ3n) is 3.04. The maximum atomic E-state index is 5.88. The molecule has 1 atom stereocenters. The number of hydrogen-bond donors (Lipinski definition) is 1. The average molecular weight is 303 g/mol. The monoisotopic (exact) mass is 302 g/mol. The van der Waals surface area contributed by atoms with Gasteiger partial charge in [0.05, 0.1) is 12.8 Å². The van der Waals surface area contributed by atoms with E-state index in [1.54, 1.807) is 13.3 Å². The van der Waals surface area contributed by atoms with Crippen molar-refractivity contribution in [3.05, 3.63) is 11.9 Å². The maximum Gasteiger partial charge on any atom is 0.239 e. The summed E-state index contributed by atoms with van der Waals surface area (Å²) in [4.78, 5) is 11.1. The van der Waals surface area contributed by atoms with E-state index in [2.05, 4.69) is 27.1 Å². The quantitative estimate of drug-likeness (QED) is 0.883. The lowest BCUT2D eigenvalue weighted by atomic mass is 10.4. The van der Waals surface area contributed by atoms with Crippen molar-refractivity contribution >= 4 is 18.2 Å². The Balaban J connectivity index is 0.00000200. The third kappa shape index (κ3) is 4.19. The molecular weight excluding hydrogens is 280 g/mol. The van der Waals surface area contributed by atoms with Gasteiger partial charge in [-0.25, -0.2) is 0 Å². The summed E-state index contributed by atoms with van der Waals surface area (Å²) in [5.41, 5.74) is 0.854. The van der Waals surface area contributed by atoms with E-state index in [1.165, 1.54) is 0 Å². The highest BCUT2D eigenvalue weighted by Gasteiger charge is 2.20. The van der Waals surface area contributed by atoms with Crippen molar-refractivity contribution in [1.29, 1.82) is 0 Å². The predicted octanol–water partition coefficient (Wildman–Crippen LogP) is 1.24. The first-order valence-electron chi connectivity index (χ1n) is 6.68. The normalized spacial score (nSPS) is 17.4. The van der Waals surface area contributed by atoms with Crippen molar-refractivity contribution in [3.63, 3.8) is 0 Å². The van der Waals surface area contributed by atoms with Crippen molar-refractivity contribution in [3.8, 4) is 5.88 Å². The van der Waals surface area contributed by atoms with E-state index < -0.39 is 0 Å². The Bertz CT molecular complexity index is 419. The van der Waals surface area contributed by atoms with E-state index in [-0.39, 0.29) is 18.5 Å². The van der Waals surface area contributed by atoms with Gasteiger partial charge in [-0.3, -0.25) is 4.98 Å². The molecule has 0 aromatic carbocycles. The van der Waals surface area contributed by atoms with Crippen molar-refractivity contribution < 1.29 is 9.47 Å². The van der Waals surface area contributed by atoms with Crippen molar-refractivity contribution in [2.45, 2.75) is 26.0 Å². The van der Waals surface area contributed by atoms with Crippen LogP contribution < -0.4 is 15.0 Å². The zero-order valence-electron chi connectivity index (χ0n) is 12.3. The van der Waals surface area contributed by atoms with Gasteiger partial charge in [-0.1, -0.05) is 6.92 Å². The first-order valence-corrected chi connectivity index (χ1v) is 6.68. The standard InChI is InChI=1S/C13H22N4O2.ClH/c1-4-5-17(2)12-8-15-11-7-14-6-10(9-18-3)19-13(11)16-12;/h8,10,14H,4-7,9H2,1-3H3;1H/t10-;/m1./s1. The molecule has 20 heavy (non-hydrogen) atoms. The smallest absolute Gasteiger partial charge is 0.239 e. The van der Waals surface area contributed by atoms with Crippen LogP contribution in [0.3, 0.4) is 0 Å². The molecule has 1 N–H and O–H groups in total. The van der Waals surface area contributed by atoms with Gasteiger partial charge < -0.3 is 19.7 Å². The highest BCUT2D eigenvalue weighted by atomic mass is 35.5. The van der Waals surface area contributed by atoms with Crippen LogP contribution in [0.15, 0.2) is 6.20 Å². The number of hydrogen-bond acceptors (Lipinski definition) is 6. The van der Waals surface area contributed by atoms with Crippen molar-refractivity contribution in [1.82, 2.24) is 15.3 Å². The number of fused-ring (bicyclic) bond motifs is 1. The van der Waals surface area contributed by atoms with Gasteiger partial charge in [0.1, 0.15) is 11.8 Å². The fraction of sp³-hybridized carbons (Fsp3) is 0.692. The van der Waals surface area contributed by atoms with Crippen LogP contribution in [0.25, 0.3) is 0 Å². The molecule has 0 saturated carbocycles. The summed E-state index contributed by atoms with van der Waals surface area (Å²) in [5, 5.41) is 3.29. The van der Waals surface area contributed by atoms with Crippen LogP contribution in [0.5, 0.6) is 5.88 Å². The van der Waals surface area contributed by atoms with Crippen molar-refractivity contribution in [2.24, 2.45) is 0 Å². The topological polar surface area (TPSA) is 59.5 Å².